The second-order valence-electron chi connectivity index (χ2n) is 7.08. The second-order valence-corrected chi connectivity index (χ2v) is 7.08. The van der Waals surface area contributed by atoms with Gasteiger partial charge >= 0.3 is 0 Å². The van der Waals surface area contributed by atoms with Crippen molar-refractivity contribution < 1.29 is 9.53 Å². The molecule has 1 aromatic heterocycles. The number of fused-ring (bicyclic) bond motifs is 1. The molecule has 1 aliphatic rings. The van der Waals surface area contributed by atoms with Gasteiger partial charge in [-0.15, -0.1) is 0 Å². The molecular formula is C23H25N3O2. The number of aryl methyl sites for hydroxylation is 2. The Morgan fingerprint density at radius 2 is 2.00 bits per heavy atom. The Morgan fingerprint density at radius 1 is 1.21 bits per heavy atom. The van der Waals surface area contributed by atoms with Gasteiger partial charge < -0.3 is 10.1 Å². The minimum atomic E-state index is -0.122. The zero-order valence-corrected chi connectivity index (χ0v) is 16.3. The van der Waals surface area contributed by atoms with E-state index in [1.165, 1.54) is 11.1 Å². The molecule has 0 fully saturated rings. The van der Waals surface area contributed by atoms with Crippen LogP contribution in [0.15, 0.2) is 54.6 Å². The molecule has 0 radical (unpaired) electrons. The fraction of sp³-hybridized carbons (Fsp3) is 0.304. The number of hydrogen-bond donors (Lipinski definition) is 1. The first-order valence-electron chi connectivity index (χ1n) is 9.80. The number of nitrogens with zero attached hydrogens (tertiary/aromatic N) is 2. The Hall–Kier alpha value is -3.08. The van der Waals surface area contributed by atoms with Crippen LogP contribution in [-0.2, 0) is 13.0 Å². The summed E-state index contributed by atoms with van der Waals surface area (Å²) in [7, 11) is 1.65. The van der Waals surface area contributed by atoms with Crippen LogP contribution in [0.2, 0.25) is 0 Å². The summed E-state index contributed by atoms with van der Waals surface area (Å²) in [4.78, 5) is 12.9. The van der Waals surface area contributed by atoms with Gasteiger partial charge in [0.15, 0.2) is 5.69 Å². The highest BCUT2D eigenvalue weighted by atomic mass is 16.5. The summed E-state index contributed by atoms with van der Waals surface area (Å²) in [5.74, 6) is 0.684. The number of hydrogen-bond acceptors (Lipinski definition) is 3. The number of carbonyl (C=O) groups is 1. The van der Waals surface area contributed by atoms with E-state index < -0.39 is 0 Å². The van der Waals surface area contributed by atoms with Crippen LogP contribution in [0, 0.1) is 0 Å². The Labute approximate surface area is 165 Å². The van der Waals surface area contributed by atoms with Gasteiger partial charge in [-0.1, -0.05) is 24.3 Å². The lowest BCUT2D eigenvalue weighted by atomic mass is 9.87. The summed E-state index contributed by atoms with van der Waals surface area (Å²) in [6.45, 7) is 2.72. The maximum Gasteiger partial charge on any atom is 0.272 e. The molecule has 3 aromatic rings. The summed E-state index contributed by atoms with van der Waals surface area (Å²) in [5, 5.41) is 7.73. The van der Waals surface area contributed by atoms with Gasteiger partial charge in [-0.05, 0) is 67.6 Å². The molecule has 1 atom stereocenters. The molecule has 0 saturated heterocycles. The highest BCUT2D eigenvalue weighted by molar-refractivity contribution is 5.93. The topological polar surface area (TPSA) is 56.2 Å². The molecular weight excluding hydrogens is 350 g/mol. The van der Waals surface area contributed by atoms with Gasteiger partial charge in [-0.25, -0.2) is 0 Å². The number of carbonyl (C=O) groups excluding carboxylic acids is 1. The minimum absolute atomic E-state index is 0.0497. The van der Waals surface area contributed by atoms with Crippen molar-refractivity contribution in [3.8, 4) is 17.0 Å². The van der Waals surface area contributed by atoms with Gasteiger partial charge in [-0.3, -0.25) is 9.48 Å². The standard InChI is InChI=1S/C23H25N3O2/c1-3-26-22(17-11-13-18(28-2)14-12-17)15-21(25-26)23(27)24-20-10-6-8-16-7-4-5-9-19(16)20/h4-5,7,9,11-15,20H,3,6,8,10H2,1-2H3,(H,24,27)/t20-/m1/s1. The van der Waals surface area contributed by atoms with E-state index in [1.807, 2.05) is 48.0 Å². The number of methoxy groups -OCH3 is 1. The molecule has 5 nitrogen and oxygen atoms in total. The Balaban J connectivity index is 1.58. The minimum Gasteiger partial charge on any atom is -0.497 e. The summed E-state index contributed by atoms with van der Waals surface area (Å²) < 4.78 is 7.10. The van der Waals surface area contributed by atoms with E-state index in [4.69, 9.17) is 4.74 Å². The third-order valence-corrected chi connectivity index (χ3v) is 5.37. The molecule has 4 rings (SSSR count). The lowest BCUT2D eigenvalue weighted by Crippen LogP contribution is -2.31. The van der Waals surface area contributed by atoms with Gasteiger partial charge in [0.1, 0.15) is 5.75 Å². The van der Waals surface area contributed by atoms with Crippen LogP contribution in [0.25, 0.3) is 11.3 Å². The molecule has 5 heteroatoms. The molecule has 1 N–H and O–H groups in total. The van der Waals surface area contributed by atoms with Crippen molar-refractivity contribution >= 4 is 5.91 Å². The maximum atomic E-state index is 12.9. The number of nitrogens with one attached hydrogen (secondary N) is 1. The lowest BCUT2D eigenvalue weighted by Gasteiger charge is -2.26. The SMILES string of the molecule is CCn1nc(C(=O)N[C@@H]2CCCc3ccccc32)cc1-c1ccc(OC)cc1. The first-order chi connectivity index (χ1) is 13.7. The molecule has 0 saturated carbocycles. The zero-order chi connectivity index (χ0) is 19.5. The monoisotopic (exact) mass is 375 g/mol. The van der Waals surface area contributed by atoms with E-state index in [0.717, 1.165) is 36.3 Å². The van der Waals surface area contributed by atoms with E-state index in [9.17, 15) is 4.79 Å². The van der Waals surface area contributed by atoms with Gasteiger partial charge in [0.25, 0.3) is 5.91 Å². The Kier molecular flexibility index (Phi) is 5.15. The number of ether oxygens (including phenoxy) is 1. The van der Waals surface area contributed by atoms with Crippen LogP contribution in [-0.4, -0.2) is 22.8 Å². The van der Waals surface area contributed by atoms with Crippen molar-refractivity contribution in [2.45, 2.75) is 38.8 Å². The van der Waals surface area contributed by atoms with Crippen LogP contribution >= 0.6 is 0 Å². The number of aromatic nitrogens is 2. The van der Waals surface area contributed by atoms with Crippen molar-refractivity contribution in [1.29, 1.82) is 0 Å². The molecule has 1 heterocycles. The van der Waals surface area contributed by atoms with Crippen LogP contribution in [0.4, 0.5) is 0 Å². The molecule has 0 spiro atoms. The molecule has 0 aliphatic heterocycles. The number of benzene rings is 2. The highest BCUT2D eigenvalue weighted by Gasteiger charge is 2.23. The van der Waals surface area contributed by atoms with Crippen LogP contribution in [0.3, 0.4) is 0 Å². The fourth-order valence-corrected chi connectivity index (χ4v) is 3.90. The Bertz CT molecular complexity index is 976. The zero-order valence-electron chi connectivity index (χ0n) is 16.3. The molecule has 28 heavy (non-hydrogen) atoms. The smallest absolute Gasteiger partial charge is 0.272 e. The predicted molar refractivity (Wildman–Crippen MR) is 109 cm³/mol. The van der Waals surface area contributed by atoms with E-state index in [0.29, 0.717) is 12.2 Å². The first kappa shape index (κ1) is 18.3. The fourth-order valence-electron chi connectivity index (χ4n) is 3.90. The summed E-state index contributed by atoms with van der Waals surface area (Å²) in [6, 6.07) is 18.1. The van der Waals surface area contributed by atoms with E-state index in [2.05, 4.69) is 28.6 Å². The van der Waals surface area contributed by atoms with E-state index >= 15 is 0 Å². The predicted octanol–water partition coefficient (Wildman–Crippen LogP) is 4.39. The maximum absolute atomic E-state index is 12.9. The molecule has 1 aliphatic carbocycles. The van der Waals surface area contributed by atoms with Gasteiger partial charge in [0, 0.05) is 12.1 Å². The molecule has 2 aromatic carbocycles. The number of rotatable bonds is 5. The normalized spacial score (nSPS) is 15.7. The first-order valence-corrected chi connectivity index (χ1v) is 9.80. The molecule has 0 bridgehead atoms. The summed E-state index contributed by atoms with van der Waals surface area (Å²) >= 11 is 0. The average molecular weight is 375 g/mol. The quantitative estimate of drug-likeness (QED) is 0.720. The van der Waals surface area contributed by atoms with Gasteiger partial charge in [0.2, 0.25) is 0 Å². The number of amides is 1. The molecule has 144 valence electrons. The van der Waals surface area contributed by atoms with Crippen LogP contribution < -0.4 is 10.1 Å². The van der Waals surface area contributed by atoms with Crippen LogP contribution in [0.1, 0.15) is 47.4 Å². The third kappa shape index (κ3) is 3.52. The van der Waals surface area contributed by atoms with Crippen molar-refractivity contribution in [3.05, 3.63) is 71.4 Å². The van der Waals surface area contributed by atoms with Crippen molar-refractivity contribution in [2.24, 2.45) is 0 Å². The Morgan fingerprint density at radius 3 is 2.75 bits per heavy atom. The van der Waals surface area contributed by atoms with Gasteiger partial charge in [0.05, 0.1) is 18.8 Å². The lowest BCUT2D eigenvalue weighted by molar-refractivity contribution is 0.0927. The van der Waals surface area contributed by atoms with Crippen molar-refractivity contribution in [1.82, 2.24) is 15.1 Å². The van der Waals surface area contributed by atoms with E-state index in [1.54, 1.807) is 7.11 Å². The second kappa shape index (κ2) is 7.89. The summed E-state index contributed by atoms with van der Waals surface area (Å²) in [6.07, 6.45) is 3.12. The van der Waals surface area contributed by atoms with Crippen molar-refractivity contribution in [2.75, 3.05) is 7.11 Å². The van der Waals surface area contributed by atoms with E-state index in [-0.39, 0.29) is 11.9 Å². The van der Waals surface area contributed by atoms with Crippen LogP contribution in [0.5, 0.6) is 5.75 Å². The average Bonchev–Trinajstić information content (AvgIpc) is 3.19. The van der Waals surface area contributed by atoms with Crippen molar-refractivity contribution in [3.63, 3.8) is 0 Å². The third-order valence-electron chi connectivity index (χ3n) is 5.37. The largest absolute Gasteiger partial charge is 0.497 e. The summed E-state index contributed by atoms with van der Waals surface area (Å²) in [5.41, 5.74) is 4.96. The highest BCUT2D eigenvalue weighted by Crippen LogP contribution is 2.30. The molecule has 0 unspecified atom stereocenters. The molecule has 1 amide bonds. The van der Waals surface area contributed by atoms with Gasteiger partial charge in [-0.2, -0.15) is 5.10 Å².